The minimum absolute atomic E-state index is 0.00608. The minimum Gasteiger partial charge on any atom is -0.457 e. The zero-order chi connectivity index (χ0) is 18.1. The Hall–Kier alpha value is -2.37. The van der Waals surface area contributed by atoms with Crippen molar-refractivity contribution in [3.05, 3.63) is 66.0 Å². The SMILES string of the molecule is C=CCOC(=O)C1=C(c2cccc(CO)c2)C[C@@H]2[C@@H]([C@@H](C)O)C(=C)N12. The Morgan fingerprint density at radius 3 is 2.92 bits per heavy atom. The molecule has 0 bridgehead atoms. The Bertz CT molecular complexity index is 750. The molecule has 0 amide bonds. The van der Waals surface area contributed by atoms with Crippen molar-refractivity contribution in [1.82, 2.24) is 4.90 Å². The zero-order valence-electron chi connectivity index (χ0n) is 14.3. The fraction of sp³-hybridized carbons (Fsp3) is 0.350. The molecule has 1 fully saturated rings. The highest BCUT2D eigenvalue weighted by Gasteiger charge is 2.53. The van der Waals surface area contributed by atoms with Crippen LogP contribution in [-0.2, 0) is 16.1 Å². The summed E-state index contributed by atoms with van der Waals surface area (Å²) in [4.78, 5) is 14.5. The summed E-state index contributed by atoms with van der Waals surface area (Å²) in [5, 5.41) is 19.4. The predicted octanol–water partition coefficient (Wildman–Crippen LogP) is 2.22. The van der Waals surface area contributed by atoms with Crippen molar-refractivity contribution >= 4 is 11.5 Å². The van der Waals surface area contributed by atoms with Crippen LogP contribution in [-0.4, -0.2) is 39.8 Å². The van der Waals surface area contributed by atoms with Gasteiger partial charge in [-0.25, -0.2) is 4.79 Å². The van der Waals surface area contributed by atoms with Gasteiger partial charge in [-0.15, -0.1) is 0 Å². The van der Waals surface area contributed by atoms with Crippen LogP contribution in [0.5, 0.6) is 0 Å². The van der Waals surface area contributed by atoms with E-state index in [0.29, 0.717) is 12.1 Å². The van der Waals surface area contributed by atoms with Gasteiger partial charge in [0, 0.05) is 17.7 Å². The Morgan fingerprint density at radius 2 is 2.28 bits per heavy atom. The number of esters is 1. The van der Waals surface area contributed by atoms with Gasteiger partial charge < -0.3 is 19.8 Å². The zero-order valence-corrected chi connectivity index (χ0v) is 14.3. The lowest BCUT2D eigenvalue weighted by Gasteiger charge is -2.49. The quantitative estimate of drug-likeness (QED) is 0.613. The highest BCUT2D eigenvalue weighted by molar-refractivity contribution is 5.99. The van der Waals surface area contributed by atoms with Crippen molar-refractivity contribution in [2.24, 2.45) is 5.92 Å². The summed E-state index contributed by atoms with van der Waals surface area (Å²) in [5.41, 5.74) is 3.73. The van der Waals surface area contributed by atoms with Gasteiger partial charge in [-0.3, -0.25) is 0 Å². The lowest BCUT2D eigenvalue weighted by Crippen LogP contribution is -2.54. The second-order valence-corrected chi connectivity index (χ2v) is 6.47. The second kappa shape index (κ2) is 6.86. The summed E-state index contributed by atoms with van der Waals surface area (Å²) in [6, 6.07) is 7.49. The third-order valence-corrected chi connectivity index (χ3v) is 4.88. The number of ether oxygens (including phenoxy) is 1. The highest BCUT2D eigenvalue weighted by Crippen LogP contribution is 2.51. The molecule has 2 N–H and O–H groups in total. The van der Waals surface area contributed by atoms with E-state index in [4.69, 9.17) is 4.74 Å². The molecule has 2 aliphatic rings. The number of hydrogen-bond acceptors (Lipinski definition) is 5. The van der Waals surface area contributed by atoms with E-state index in [1.54, 1.807) is 6.92 Å². The predicted molar refractivity (Wildman–Crippen MR) is 95.0 cm³/mol. The van der Waals surface area contributed by atoms with E-state index in [1.165, 1.54) is 6.08 Å². The minimum atomic E-state index is -0.526. The molecule has 2 heterocycles. The maximum atomic E-state index is 12.6. The lowest BCUT2D eigenvalue weighted by molar-refractivity contribution is -0.140. The van der Waals surface area contributed by atoms with Crippen LogP contribution in [0, 0.1) is 5.92 Å². The molecule has 132 valence electrons. The fourth-order valence-corrected chi connectivity index (χ4v) is 3.79. The topological polar surface area (TPSA) is 70.0 Å². The van der Waals surface area contributed by atoms with Crippen molar-refractivity contribution in [3.63, 3.8) is 0 Å². The van der Waals surface area contributed by atoms with Crippen LogP contribution in [0.15, 0.2) is 54.9 Å². The van der Waals surface area contributed by atoms with Gasteiger partial charge in [-0.2, -0.15) is 0 Å². The van der Waals surface area contributed by atoms with E-state index >= 15 is 0 Å². The molecule has 1 aromatic carbocycles. The molecule has 0 radical (unpaired) electrons. The third-order valence-electron chi connectivity index (χ3n) is 4.88. The van der Waals surface area contributed by atoms with E-state index in [-0.39, 0.29) is 25.2 Å². The number of carbonyl (C=O) groups is 1. The molecule has 1 aromatic rings. The largest absolute Gasteiger partial charge is 0.457 e. The highest BCUT2D eigenvalue weighted by atomic mass is 16.5. The van der Waals surface area contributed by atoms with Crippen LogP contribution >= 0.6 is 0 Å². The molecule has 3 rings (SSSR count). The molecule has 2 aliphatic heterocycles. The first-order chi connectivity index (χ1) is 12.0. The number of rotatable bonds is 6. The number of aliphatic hydroxyl groups excluding tert-OH is 2. The Kier molecular flexibility index (Phi) is 4.79. The van der Waals surface area contributed by atoms with Gasteiger partial charge in [0.05, 0.1) is 12.7 Å². The van der Waals surface area contributed by atoms with Crippen molar-refractivity contribution in [1.29, 1.82) is 0 Å². The first kappa shape index (κ1) is 17.5. The molecule has 5 heteroatoms. The normalized spacial score (nSPS) is 23.2. The number of carbonyl (C=O) groups excluding carboxylic acids is 1. The Morgan fingerprint density at radius 1 is 1.52 bits per heavy atom. The fourth-order valence-electron chi connectivity index (χ4n) is 3.79. The standard InChI is InChI=1S/C20H23NO4/c1-4-8-25-20(24)19-16(15-7-5-6-14(9-15)11-22)10-17-18(13(3)23)12(2)21(17)19/h4-7,9,13,17-18,22-23H,1-2,8,10-11H2,3H3/t13-,17-,18-/m1/s1. The van der Waals surface area contributed by atoms with Gasteiger partial charge in [0.1, 0.15) is 12.3 Å². The van der Waals surface area contributed by atoms with Crippen LogP contribution in [0.25, 0.3) is 5.57 Å². The molecule has 25 heavy (non-hydrogen) atoms. The number of benzene rings is 1. The van der Waals surface area contributed by atoms with E-state index in [2.05, 4.69) is 13.2 Å². The molecular weight excluding hydrogens is 318 g/mol. The molecule has 5 nitrogen and oxygen atoms in total. The van der Waals surface area contributed by atoms with Gasteiger partial charge in [0.2, 0.25) is 0 Å². The molecule has 3 atom stereocenters. The van der Waals surface area contributed by atoms with Crippen LogP contribution in [0.4, 0.5) is 0 Å². The van der Waals surface area contributed by atoms with E-state index in [0.717, 1.165) is 22.4 Å². The first-order valence-corrected chi connectivity index (χ1v) is 8.37. The first-order valence-electron chi connectivity index (χ1n) is 8.37. The molecule has 0 aromatic heterocycles. The summed E-state index contributed by atoms with van der Waals surface area (Å²) in [6.45, 7) is 9.43. The van der Waals surface area contributed by atoms with Crippen LogP contribution < -0.4 is 0 Å². The monoisotopic (exact) mass is 341 g/mol. The summed E-state index contributed by atoms with van der Waals surface area (Å²) in [5.74, 6) is -0.488. The van der Waals surface area contributed by atoms with Gasteiger partial charge in [-0.1, -0.05) is 37.4 Å². The Balaban J connectivity index is 2.01. The van der Waals surface area contributed by atoms with Gasteiger partial charge in [0.25, 0.3) is 0 Å². The number of aliphatic hydroxyl groups is 2. The van der Waals surface area contributed by atoms with E-state index in [9.17, 15) is 15.0 Å². The maximum Gasteiger partial charge on any atom is 0.355 e. The maximum absolute atomic E-state index is 12.6. The number of fused-ring (bicyclic) bond motifs is 1. The van der Waals surface area contributed by atoms with E-state index in [1.807, 2.05) is 29.2 Å². The number of hydrogen-bond donors (Lipinski definition) is 2. The van der Waals surface area contributed by atoms with Gasteiger partial charge in [0.15, 0.2) is 0 Å². The summed E-state index contributed by atoms with van der Waals surface area (Å²) >= 11 is 0. The average molecular weight is 341 g/mol. The summed E-state index contributed by atoms with van der Waals surface area (Å²) < 4.78 is 5.27. The van der Waals surface area contributed by atoms with Crippen molar-refractivity contribution in [3.8, 4) is 0 Å². The molecule has 0 unspecified atom stereocenters. The van der Waals surface area contributed by atoms with Crippen LogP contribution in [0.1, 0.15) is 24.5 Å². The third kappa shape index (κ3) is 2.90. The van der Waals surface area contributed by atoms with Gasteiger partial charge >= 0.3 is 5.97 Å². The van der Waals surface area contributed by atoms with Crippen molar-refractivity contribution in [2.45, 2.75) is 32.1 Å². The van der Waals surface area contributed by atoms with Crippen molar-refractivity contribution < 1.29 is 19.7 Å². The molecule has 0 saturated carbocycles. The van der Waals surface area contributed by atoms with Gasteiger partial charge in [-0.05, 0) is 36.1 Å². The molecule has 0 aliphatic carbocycles. The molecule has 0 spiro atoms. The summed E-state index contributed by atoms with van der Waals surface area (Å²) in [7, 11) is 0. The number of nitrogens with zero attached hydrogens (tertiary/aromatic N) is 1. The van der Waals surface area contributed by atoms with Crippen molar-refractivity contribution in [2.75, 3.05) is 6.61 Å². The van der Waals surface area contributed by atoms with Crippen LogP contribution in [0.2, 0.25) is 0 Å². The Labute approximate surface area is 147 Å². The molecular formula is C20H23NO4. The summed E-state index contributed by atoms with van der Waals surface area (Å²) in [6.07, 6.45) is 1.63. The second-order valence-electron chi connectivity index (χ2n) is 6.47. The average Bonchev–Trinajstić information content (AvgIpc) is 2.94. The van der Waals surface area contributed by atoms with E-state index < -0.39 is 12.1 Å². The molecule has 1 saturated heterocycles. The van der Waals surface area contributed by atoms with Crippen LogP contribution in [0.3, 0.4) is 0 Å². The lowest BCUT2D eigenvalue weighted by atomic mass is 9.80. The smallest absolute Gasteiger partial charge is 0.355 e.